The fraction of sp³-hybridized carbons (Fsp3) is 0.273. The van der Waals surface area contributed by atoms with Crippen molar-refractivity contribution in [3.8, 4) is 5.75 Å². The van der Waals surface area contributed by atoms with Crippen molar-refractivity contribution in [2.24, 2.45) is 0 Å². The van der Waals surface area contributed by atoms with Crippen LogP contribution in [0.1, 0.15) is 26.3 Å². The Morgan fingerprint density at radius 2 is 1.44 bits per heavy atom. The summed E-state index contributed by atoms with van der Waals surface area (Å²) in [4.78, 5) is 22.7. The van der Waals surface area contributed by atoms with Gasteiger partial charge in [-0.15, -0.1) is 0 Å². The normalized spacial score (nSPS) is 9.69. The van der Waals surface area contributed by atoms with Crippen molar-refractivity contribution >= 4 is 11.9 Å². The fourth-order valence-corrected chi connectivity index (χ4v) is 1.34. The van der Waals surface area contributed by atoms with Crippen LogP contribution in [0.4, 0.5) is 0 Å². The van der Waals surface area contributed by atoms with E-state index in [2.05, 4.69) is 9.47 Å². The van der Waals surface area contributed by atoms with Crippen LogP contribution in [-0.4, -0.2) is 31.3 Å². The molecule has 1 aromatic carbocycles. The smallest absolute Gasteiger partial charge is 0.338 e. The van der Waals surface area contributed by atoms with Gasteiger partial charge in [-0.1, -0.05) is 0 Å². The lowest BCUT2D eigenvalue weighted by Crippen LogP contribution is -2.10. The Bertz CT molecular complexity index is 399. The van der Waals surface area contributed by atoms with Crippen LogP contribution in [0.25, 0.3) is 0 Å². The molecular formula is C11H12O5. The first-order valence-corrected chi connectivity index (χ1v) is 4.51. The van der Waals surface area contributed by atoms with Crippen molar-refractivity contribution < 1.29 is 24.2 Å². The van der Waals surface area contributed by atoms with Crippen LogP contribution in [0.2, 0.25) is 0 Å². The Balaban J connectivity index is 3.37. The second-order valence-electron chi connectivity index (χ2n) is 3.15. The van der Waals surface area contributed by atoms with Gasteiger partial charge in [-0.2, -0.15) is 0 Å². The monoisotopic (exact) mass is 224 g/mol. The molecule has 0 saturated carbocycles. The van der Waals surface area contributed by atoms with Gasteiger partial charge in [-0.05, 0) is 24.6 Å². The van der Waals surface area contributed by atoms with E-state index < -0.39 is 11.9 Å². The maximum atomic E-state index is 11.4. The quantitative estimate of drug-likeness (QED) is 0.766. The molecule has 86 valence electrons. The van der Waals surface area contributed by atoms with Crippen LogP contribution in [0.5, 0.6) is 5.75 Å². The van der Waals surface area contributed by atoms with Crippen molar-refractivity contribution in [1.29, 1.82) is 0 Å². The zero-order chi connectivity index (χ0) is 12.3. The molecule has 0 spiro atoms. The van der Waals surface area contributed by atoms with E-state index in [9.17, 15) is 14.7 Å². The number of phenolic OH excluding ortho intramolecular Hbond substituents is 1. The maximum Gasteiger partial charge on any atom is 0.338 e. The summed E-state index contributed by atoms with van der Waals surface area (Å²) in [7, 11) is 2.45. The van der Waals surface area contributed by atoms with Gasteiger partial charge in [0.15, 0.2) is 0 Å². The van der Waals surface area contributed by atoms with Gasteiger partial charge in [-0.3, -0.25) is 0 Å². The molecule has 0 amide bonds. The highest BCUT2D eigenvalue weighted by Gasteiger charge is 2.18. The zero-order valence-electron chi connectivity index (χ0n) is 9.23. The molecule has 0 aliphatic heterocycles. The van der Waals surface area contributed by atoms with Crippen molar-refractivity contribution in [1.82, 2.24) is 0 Å². The number of hydrogen-bond acceptors (Lipinski definition) is 5. The summed E-state index contributed by atoms with van der Waals surface area (Å²) >= 11 is 0. The highest BCUT2D eigenvalue weighted by Crippen LogP contribution is 2.22. The number of hydrogen-bond donors (Lipinski definition) is 1. The summed E-state index contributed by atoms with van der Waals surface area (Å²) in [5.41, 5.74) is 0.697. The molecule has 0 aromatic heterocycles. The van der Waals surface area contributed by atoms with Gasteiger partial charge in [0.2, 0.25) is 0 Å². The first-order valence-electron chi connectivity index (χ1n) is 4.51. The van der Waals surface area contributed by atoms with Gasteiger partial charge < -0.3 is 14.6 Å². The summed E-state index contributed by atoms with van der Waals surface area (Å²) in [6, 6.07) is 2.49. The average Bonchev–Trinajstić information content (AvgIpc) is 2.29. The molecule has 0 bridgehead atoms. The van der Waals surface area contributed by atoms with Crippen LogP contribution < -0.4 is 0 Å². The minimum absolute atomic E-state index is 0.142. The number of phenols is 1. The highest BCUT2D eigenvalue weighted by atomic mass is 16.5. The molecule has 0 fully saturated rings. The summed E-state index contributed by atoms with van der Waals surface area (Å²) in [6.07, 6.45) is 0. The lowest BCUT2D eigenvalue weighted by atomic mass is 10.0. The highest BCUT2D eigenvalue weighted by molar-refractivity contribution is 5.98. The van der Waals surface area contributed by atoms with E-state index in [4.69, 9.17) is 0 Å². The largest absolute Gasteiger partial charge is 0.508 e. The Kier molecular flexibility index (Phi) is 3.50. The Hall–Kier alpha value is -2.04. The number of carbonyl (C=O) groups is 2. The van der Waals surface area contributed by atoms with E-state index in [0.717, 1.165) is 0 Å². The molecule has 1 aromatic rings. The molecule has 0 aliphatic carbocycles. The molecule has 0 aliphatic rings. The van der Waals surface area contributed by atoms with Gasteiger partial charge in [0.1, 0.15) is 5.75 Å². The first kappa shape index (κ1) is 12.0. The Morgan fingerprint density at radius 3 is 1.75 bits per heavy atom. The molecular weight excluding hydrogens is 212 g/mol. The van der Waals surface area contributed by atoms with E-state index in [1.54, 1.807) is 6.92 Å². The SMILES string of the molecule is COC(=O)c1cc(O)cc(C(=O)OC)c1C. The maximum absolute atomic E-state index is 11.4. The molecule has 5 heteroatoms. The van der Waals surface area contributed by atoms with Crippen molar-refractivity contribution in [2.75, 3.05) is 14.2 Å². The zero-order valence-corrected chi connectivity index (χ0v) is 9.23. The second kappa shape index (κ2) is 4.65. The van der Waals surface area contributed by atoms with E-state index in [1.165, 1.54) is 26.4 Å². The van der Waals surface area contributed by atoms with Gasteiger partial charge in [-0.25, -0.2) is 9.59 Å². The Labute approximate surface area is 92.6 Å². The van der Waals surface area contributed by atoms with E-state index in [0.29, 0.717) is 5.56 Å². The first-order chi connectivity index (χ1) is 7.51. The van der Waals surface area contributed by atoms with E-state index in [1.807, 2.05) is 0 Å². The second-order valence-corrected chi connectivity index (χ2v) is 3.15. The third-order valence-electron chi connectivity index (χ3n) is 2.20. The number of rotatable bonds is 2. The molecule has 0 unspecified atom stereocenters. The molecule has 0 heterocycles. The third-order valence-corrected chi connectivity index (χ3v) is 2.20. The van der Waals surface area contributed by atoms with Crippen LogP contribution in [0.15, 0.2) is 12.1 Å². The molecule has 0 atom stereocenters. The predicted octanol–water partition coefficient (Wildman–Crippen LogP) is 1.27. The molecule has 0 saturated heterocycles. The summed E-state index contributed by atoms with van der Waals surface area (Å²) in [5.74, 6) is -1.41. The minimum atomic E-state index is -0.612. The molecule has 5 nitrogen and oxygen atoms in total. The van der Waals surface area contributed by atoms with Crippen LogP contribution in [0, 0.1) is 6.92 Å². The lowest BCUT2D eigenvalue weighted by molar-refractivity contribution is 0.0596. The van der Waals surface area contributed by atoms with Gasteiger partial charge >= 0.3 is 11.9 Å². The topological polar surface area (TPSA) is 72.8 Å². The molecule has 16 heavy (non-hydrogen) atoms. The number of carbonyl (C=O) groups excluding carboxylic acids is 2. The van der Waals surface area contributed by atoms with E-state index in [-0.39, 0.29) is 16.9 Å². The number of esters is 2. The van der Waals surface area contributed by atoms with Crippen LogP contribution >= 0.6 is 0 Å². The molecule has 1 rings (SSSR count). The fourth-order valence-electron chi connectivity index (χ4n) is 1.34. The number of ether oxygens (including phenoxy) is 2. The summed E-state index contributed by atoms with van der Waals surface area (Å²) in [6.45, 7) is 1.58. The number of methoxy groups -OCH3 is 2. The standard InChI is InChI=1S/C11H12O5/c1-6-8(10(13)15-2)4-7(12)5-9(6)11(14)16-3/h4-5,12H,1-3H3. The van der Waals surface area contributed by atoms with Crippen molar-refractivity contribution in [2.45, 2.75) is 6.92 Å². The summed E-state index contributed by atoms with van der Waals surface area (Å²) in [5, 5.41) is 9.39. The van der Waals surface area contributed by atoms with Crippen LogP contribution in [-0.2, 0) is 9.47 Å². The lowest BCUT2D eigenvalue weighted by Gasteiger charge is -2.09. The van der Waals surface area contributed by atoms with E-state index >= 15 is 0 Å². The molecule has 0 radical (unpaired) electrons. The predicted molar refractivity (Wildman–Crippen MR) is 55.5 cm³/mol. The van der Waals surface area contributed by atoms with Gasteiger partial charge in [0, 0.05) is 0 Å². The molecule has 1 N–H and O–H groups in total. The van der Waals surface area contributed by atoms with Gasteiger partial charge in [0.25, 0.3) is 0 Å². The number of aromatic hydroxyl groups is 1. The van der Waals surface area contributed by atoms with Gasteiger partial charge in [0.05, 0.1) is 25.3 Å². The average molecular weight is 224 g/mol. The summed E-state index contributed by atoms with van der Waals surface area (Å²) < 4.78 is 9.08. The van der Waals surface area contributed by atoms with Crippen molar-refractivity contribution in [3.63, 3.8) is 0 Å². The minimum Gasteiger partial charge on any atom is -0.508 e. The Morgan fingerprint density at radius 1 is 1.06 bits per heavy atom. The number of benzene rings is 1. The third kappa shape index (κ3) is 2.13. The van der Waals surface area contributed by atoms with Crippen LogP contribution in [0.3, 0.4) is 0 Å². The van der Waals surface area contributed by atoms with Crippen molar-refractivity contribution in [3.05, 3.63) is 28.8 Å².